The number of unbranched alkanes of at least 4 members (excludes halogenated alkanes) is 4. The molecule has 0 bridgehead atoms. The third-order valence-electron chi connectivity index (χ3n) is 2.95. The highest BCUT2D eigenvalue weighted by molar-refractivity contribution is 5.28. The lowest BCUT2D eigenvalue weighted by molar-refractivity contribution is 0.0165. The molecule has 0 aromatic carbocycles. The quantitative estimate of drug-likeness (QED) is 0.343. The monoisotopic (exact) mass is 278 g/mol. The molecule has 0 aliphatic rings. The van der Waals surface area contributed by atoms with Crippen LogP contribution in [0.1, 0.15) is 51.9 Å². The number of hydrogen-bond donors (Lipinski definition) is 3. The second-order valence-electron chi connectivity index (χ2n) is 4.79. The molecule has 0 radical (unpaired) electrons. The Hall–Kier alpha value is -1.26. The summed E-state index contributed by atoms with van der Waals surface area (Å²) in [6.45, 7) is 5.55. The molecule has 3 heteroatoms. The van der Waals surface area contributed by atoms with Crippen LogP contribution >= 0.6 is 0 Å². The molecule has 3 atom stereocenters. The summed E-state index contributed by atoms with van der Waals surface area (Å²) in [6, 6.07) is 0. The maximum absolute atomic E-state index is 9.75. The van der Waals surface area contributed by atoms with Gasteiger partial charge in [0.15, 0.2) is 0 Å². The van der Waals surface area contributed by atoms with Gasteiger partial charge in [-0.25, -0.2) is 0 Å². The summed E-state index contributed by atoms with van der Waals surface area (Å²) in [5.74, 6) is 10.1. The molecule has 0 saturated carbocycles. The first-order valence-corrected chi connectivity index (χ1v) is 7.27. The predicted molar refractivity (Wildman–Crippen MR) is 81.8 cm³/mol. The van der Waals surface area contributed by atoms with Gasteiger partial charge in [-0.2, -0.15) is 0 Å². The molecular weight excluding hydrogens is 252 g/mol. The zero-order valence-electron chi connectivity index (χ0n) is 12.3. The van der Waals surface area contributed by atoms with Gasteiger partial charge in [-0.05, 0) is 18.3 Å². The van der Waals surface area contributed by atoms with E-state index < -0.39 is 18.3 Å². The first-order valence-electron chi connectivity index (χ1n) is 7.27. The molecule has 0 fully saturated rings. The van der Waals surface area contributed by atoms with Crippen LogP contribution in [0.25, 0.3) is 0 Å². The molecule has 112 valence electrons. The molecule has 20 heavy (non-hydrogen) atoms. The molecule has 0 heterocycles. The Kier molecular flexibility index (Phi) is 12.0. The van der Waals surface area contributed by atoms with Crippen LogP contribution < -0.4 is 0 Å². The first kappa shape index (κ1) is 18.7. The third-order valence-corrected chi connectivity index (χ3v) is 2.95. The summed E-state index contributed by atoms with van der Waals surface area (Å²) in [6.07, 6.45) is 5.29. The summed E-state index contributed by atoms with van der Waals surface area (Å²) < 4.78 is 0. The van der Waals surface area contributed by atoms with E-state index >= 15 is 0 Å². The van der Waals surface area contributed by atoms with E-state index in [0.717, 1.165) is 12.8 Å². The van der Waals surface area contributed by atoms with Crippen molar-refractivity contribution in [1.29, 1.82) is 0 Å². The van der Waals surface area contributed by atoms with Crippen molar-refractivity contribution in [2.24, 2.45) is 0 Å². The van der Waals surface area contributed by atoms with Crippen LogP contribution in [0.2, 0.25) is 0 Å². The largest absolute Gasteiger partial charge is 0.390 e. The average Bonchev–Trinajstić information content (AvgIpc) is 2.45. The van der Waals surface area contributed by atoms with E-state index in [9.17, 15) is 10.2 Å². The third kappa shape index (κ3) is 10.6. The van der Waals surface area contributed by atoms with Gasteiger partial charge in [0.05, 0.1) is 12.2 Å². The summed E-state index contributed by atoms with van der Waals surface area (Å²) in [5, 5.41) is 28.5. The normalized spacial score (nSPS) is 14.2. The van der Waals surface area contributed by atoms with E-state index in [1.165, 1.54) is 25.3 Å². The standard InChI is InChI=1S/C17H26O3/c1-3-5-6-7-10-13-16(19)17(20)14-11-8-9-12-15(18)4-2/h4,15-20H,2-3,5-7,10,13-14H2,1H3/t15?,16-,17-/m0/s1. The van der Waals surface area contributed by atoms with Crippen molar-refractivity contribution in [3.8, 4) is 23.7 Å². The maximum Gasteiger partial charge on any atom is 0.134 e. The smallest absolute Gasteiger partial charge is 0.134 e. The van der Waals surface area contributed by atoms with Crippen LogP contribution in [-0.2, 0) is 0 Å². The lowest BCUT2D eigenvalue weighted by atomic mass is 10.0. The van der Waals surface area contributed by atoms with Crippen molar-refractivity contribution >= 4 is 0 Å². The van der Waals surface area contributed by atoms with Gasteiger partial charge in [0, 0.05) is 6.42 Å². The lowest BCUT2D eigenvalue weighted by Crippen LogP contribution is -2.25. The molecule has 0 aromatic rings. The van der Waals surface area contributed by atoms with E-state index in [0.29, 0.717) is 6.42 Å². The second-order valence-corrected chi connectivity index (χ2v) is 4.79. The molecule has 0 spiro atoms. The van der Waals surface area contributed by atoms with Crippen LogP contribution in [0.5, 0.6) is 0 Å². The Morgan fingerprint density at radius 3 is 2.35 bits per heavy atom. The van der Waals surface area contributed by atoms with Gasteiger partial charge < -0.3 is 15.3 Å². The maximum atomic E-state index is 9.75. The molecule has 0 aliphatic carbocycles. The summed E-state index contributed by atoms with van der Waals surface area (Å²) >= 11 is 0. The van der Waals surface area contributed by atoms with Gasteiger partial charge in [-0.3, -0.25) is 0 Å². The zero-order chi connectivity index (χ0) is 15.2. The van der Waals surface area contributed by atoms with Gasteiger partial charge in [0.1, 0.15) is 6.10 Å². The van der Waals surface area contributed by atoms with Gasteiger partial charge in [0.25, 0.3) is 0 Å². The molecule has 3 nitrogen and oxygen atoms in total. The van der Waals surface area contributed by atoms with Gasteiger partial charge in [0.2, 0.25) is 0 Å². The fraction of sp³-hybridized carbons (Fsp3) is 0.647. The Balaban J connectivity index is 3.84. The molecular formula is C17H26O3. The molecule has 3 N–H and O–H groups in total. The molecule has 0 aliphatic heterocycles. The number of rotatable bonds is 9. The summed E-state index contributed by atoms with van der Waals surface area (Å²) in [5.41, 5.74) is 0. The average molecular weight is 278 g/mol. The van der Waals surface area contributed by atoms with E-state index in [-0.39, 0.29) is 6.42 Å². The minimum absolute atomic E-state index is 0.189. The van der Waals surface area contributed by atoms with Crippen molar-refractivity contribution in [2.45, 2.75) is 70.2 Å². The van der Waals surface area contributed by atoms with E-state index in [1.54, 1.807) is 0 Å². The van der Waals surface area contributed by atoms with Crippen molar-refractivity contribution in [2.75, 3.05) is 0 Å². The van der Waals surface area contributed by atoms with Crippen molar-refractivity contribution < 1.29 is 15.3 Å². The Morgan fingerprint density at radius 2 is 1.70 bits per heavy atom. The Bertz CT molecular complexity index is 367. The number of aliphatic hydroxyl groups is 3. The van der Waals surface area contributed by atoms with Gasteiger partial charge in [-0.1, -0.05) is 63.5 Å². The van der Waals surface area contributed by atoms with E-state index in [2.05, 4.69) is 37.2 Å². The number of aliphatic hydroxyl groups excluding tert-OH is 3. The van der Waals surface area contributed by atoms with E-state index in [1.807, 2.05) is 0 Å². The second kappa shape index (κ2) is 12.8. The highest BCUT2D eigenvalue weighted by Crippen LogP contribution is 2.10. The van der Waals surface area contributed by atoms with Crippen LogP contribution in [0.4, 0.5) is 0 Å². The summed E-state index contributed by atoms with van der Waals surface area (Å²) in [4.78, 5) is 0. The SMILES string of the molecule is C=CC(O)C#CC#CC[C@H](O)[C@@H](O)CCCCCCC. The van der Waals surface area contributed by atoms with Crippen molar-refractivity contribution in [3.05, 3.63) is 12.7 Å². The minimum atomic E-state index is -0.872. The van der Waals surface area contributed by atoms with Gasteiger partial charge in [-0.15, -0.1) is 0 Å². The fourth-order valence-corrected chi connectivity index (χ4v) is 1.65. The molecule has 1 unspecified atom stereocenters. The van der Waals surface area contributed by atoms with Crippen LogP contribution in [0, 0.1) is 23.7 Å². The van der Waals surface area contributed by atoms with Crippen molar-refractivity contribution in [3.63, 3.8) is 0 Å². The first-order chi connectivity index (χ1) is 9.61. The Labute approximate surface area is 122 Å². The molecule has 0 rings (SSSR count). The molecule has 0 amide bonds. The topological polar surface area (TPSA) is 60.7 Å². The zero-order valence-corrected chi connectivity index (χ0v) is 12.3. The lowest BCUT2D eigenvalue weighted by Gasteiger charge is -2.15. The predicted octanol–water partition coefficient (Wildman–Crippen LogP) is 2.01. The summed E-state index contributed by atoms with van der Waals surface area (Å²) in [7, 11) is 0. The highest BCUT2D eigenvalue weighted by atomic mass is 16.3. The number of hydrogen-bond acceptors (Lipinski definition) is 3. The van der Waals surface area contributed by atoms with Crippen LogP contribution in [-0.4, -0.2) is 33.6 Å². The highest BCUT2D eigenvalue weighted by Gasteiger charge is 2.14. The van der Waals surface area contributed by atoms with Crippen LogP contribution in [0.15, 0.2) is 12.7 Å². The Morgan fingerprint density at radius 1 is 1.00 bits per heavy atom. The van der Waals surface area contributed by atoms with E-state index in [4.69, 9.17) is 5.11 Å². The fourth-order valence-electron chi connectivity index (χ4n) is 1.65. The van der Waals surface area contributed by atoms with Crippen LogP contribution in [0.3, 0.4) is 0 Å². The van der Waals surface area contributed by atoms with Crippen molar-refractivity contribution in [1.82, 2.24) is 0 Å². The van der Waals surface area contributed by atoms with Gasteiger partial charge >= 0.3 is 0 Å². The molecule has 0 aromatic heterocycles. The minimum Gasteiger partial charge on any atom is -0.390 e. The molecule has 0 saturated heterocycles.